The molecule has 30 heavy (non-hydrogen) atoms. The fourth-order valence-electron chi connectivity index (χ4n) is 2.55. The molecule has 0 aliphatic carbocycles. The standard InChI is InChI=1S/C21H17FIN3O3S/c22-19-7-2-1-6-18(19)20(27)24-14-8-10-16(11-9-14)26(30)21(28)25-15-4-3-5-17(12-15)29-13-23/h1-12,30H,13H2,(H,24,27)(H,25,28). The molecule has 3 aromatic rings. The van der Waals surface area contributed by atoms with Gasteiger partial charge in [-0.05, 0) is 71.1 Å². The summed E-state index contributed by atoms with van der Waals surface area (Å²) in [5.41, 5.74) is 1.46. The van der Waals surface area contributed by atoms with Crippen LogP contribution < -0.4 is 19.7 Å². The number of ether oxygens (including phenoxy) is 1. The predicted octanol–water partition coefficient (Wildman–Crippen LogP) is 5.73. The van der Waals surface area contributed by atoms with Gasteiger partial charge in [0.1, 0.15) is 16.2 Å². The zero-order valence-electron chi connectivity index (χ0n) is 15.5. The first-order chi connectivity index (χ1) is 14.5. The second kappa shape index (κ2) is 10.3. The van der Waals surface area contributed by atoms with Gasteiger partial charge in [0.25, 0.3) is 5.91 Å². The van der Waals surface area contributed by atoms with Crippen molar-refractivity contribution in [2.24, 2.45) is 0 Å². The third-order valence-corrected chi connectivity index (χ3v) is 4.71. The molecule has 3 amide bonds. The van der Waals surface area contributed by atoms with E-state index >= 15 is 0 Å². The third-order valence-electron chi connectivity index (χ3n) is 3.99. The first-order valence-electron chi connectivity index (χ1n) is 8.72. The van der Waals surface area contributed by atoms with Crippen LogP contribution in [-0.2, 0) is 0 Å². The minimum Gasteiger partial charge on any atom is -0.483 e. The molecular formula is C21H17FIN3O3S. The molecule has 0 heterocycles. The normalized spacial score (nSPS) is 10.2. The first-order valence-corrected chi connectivity index (χ1v) is 10.7. The number of nitrogens with zero attached hydrogens (tertiary/aromatic N) is 1. The molecule has 3 rings (SSSR count). The van der Waals surface area contributed by atoms with E-state index in [1.807, 2.05) is 0 Å². The average molecular weight is 537 g/mol. The molecule has 2 N–H and O–H groups in total. The summed E-state index contributed by atoms with van der Waals surface area (Å²) < 4.78 is 20.7. The van der Waals surface area contributed by atoms with Crippen molar-refractivity contribution in [2.75, 3.05) is 19.6 Å². The van der Waals surface area contributed by atoms with Gasteiger partial charge >= 0.3 is 6.03 Å². The lowest BCUT2D eigenvalue weighted by molar-refractivity contribution is 0.102. The third kappa shape index (κ3) is 5.63. The highest BCUT2D eigenvalue weighted by atomic mass is 127. The van der Waals surface area contributed by atoms with Crippen LogP contribution in [0.25, 0.3) is 0 Å². The van der Waals surface area contributed by atoms with Crippen LogP contribution in [0.5, 0.6) is 5.75 Å². The minimum absolute atomic E-state index is 0.0504. The number of urea groups is 1. The van der Waals surface area contributed by atoms with E-state index in [4.69, 9.17) is 4.74 Å². The lowest BCUT2D eigenvalue weighted by Gasteiger charge is -2.17. The molecule has 3 aromatic carbocycles. The Bertz CT molecular complexity index is 1050. The summed E-state index contributed by atoms with van der Waals surface area (Å²) in [6.07, 6.45) is 0. The summed E-state index contributed by atoms with van der Waals surface area (Å²) >= 11 is 6.32. The van der Waals surface area contributed by atoms with Gasteiger partial charge in [-0.2, -0.15) is 0 Å². The van der Waals surface area contributed by atoms with Gasteiger partial charge in [-0.3, -0.25) is 4.79 Å². The Morgan fingerprint density at radius 1 is 0.967 bits per heavy atom. The lowest BCUT2D eigenvalue weighted by Crippen LogP contribution is -2.26. The lowest BCUT2D eigenvalue weighted by atomic mass is 10.2. The predicted molar refractivity (Wildman–Crippen MR) is 127 cm³/mol. The molecule has 6 nitrogen and oxygen atoms in total. The number of hydrogen-bond acceptors (Lipinski definition) is 4. The second-order valence-electron chi connectivity index (χ2n) is 6.00. The molecule has 154 valence electrons. The Morgan fingerprint density at radius 3 is 2.40 bits per heavy atom. The van der Waals surface area contributed by atoms with Crippen molar-refractivity contribution < 1.29 is 18.7 Å². The average Bonchev–Trinajstić information content (AvgIpc) is 2.74. The highest BCUT2D eigenvalue weighted by Gasteiger charge is 2.14. The van der Waals surface area contributed by atoms with Gasteiger partial charge in [-0.25, -0.2) is 13.5 Å². The topological polar surface area (TPSA) is 70.7 Å². The van der Waals surface area contributed by atoms with Crippen molar-refractivity contribution in [1.29, 1.82) is 0 Å². The van der Waals surface area contributed by atoms with Crippen molar-refractivity contribution in [3.63, 3.8) is 0 Å². The highest BCUT2D eigenvalue weighted by Crippen LogP contribution is 2.23. The van der Waals surface area contributed by atoms with Crippen LogP contribution in [-0.4, -0.2) is 16.6 Å². The maximum Gasteiger partial charge on any atom is 0.336 e. The molecule has 0 fully saturated rings. The van der Waals surface area contributed by atoms with Gasteiger partial charge in [0.15, 0.2) is 0 Å². The van der Waals surface area contributed by atoms with Crippen molar-refractivity contribution >= 4 is 64.4 Å². The monoisotopic (exact) mass is 537 g/mol. The van der Waals surface area contributed by atoms with E-state index in [0.717, 1.165) is 4.31 Å². The van der Waals surface area contributed by atoms with Crippen LogP contribution in [0.4, 0.5) is 26.2 Å². The Balaban J connectivity index is 1.63. The molecule has 0 aromatic heterocycles. The maximum absolute atomic E-state index is 13.7. The Kier molecular flexibility index (Phi) is 7.52. The zero-order valence-corrected chi connectivity index (χ0v) is 18.6. The molecular weight excluding hydrogens is 520 g/mol. The number of halogens is 2. The number of anilines is 3. The van der Waals surface area contributed by atoms with Crippen LogP contribution in [0, 0.1) is 5.82 Å². The van der Waals surface area contributed by atoms with E-state index in [9.17, 15) is 14.0 Å². The molecule has 9 heteroatoms. The summed E-state index contributed by atoms with van der Waals surface area (Å²) in [6.45, 7) is 0. The molecule has 0 saturated carbocycles. The first kappa shape index (κ1) is 21.9. The van der Waals surface area contributed by atoms with Gasteiger partial charge < -0.3 is 15.4 Å². The number of carbonyl (C=O) groups excluding carboxylic acids is 2. The Labute approximate surface area is 192 Å². The number of carbonyl (C=O) groups is 2. The van der Waals surface area contributed by atoms with E-state index in [0.29, 0.717) is 27.4 Å². The smallest absolute Gasteiger partial charge is 0.336 e. The largest absolute Gasteiger partial charge is 0.483 e. The SMILES string of the molecule is O=C(Nc1ccc(N(S)C(=O)Nc2cccc(OCI)c2)cc1)c1ccccc1F. The van der Waals surface area contributed by atoms with E-state index in [1.54, 1.807) is 54.6 Å². The molecule has 0 aliphatic heterocycles. The molecule has 0 saturated heterocycles. The van der Waals surface area contributed by atoms with Crippen molar-refractivity contribution in [3.05, 3.63) is 84.2 Å². The summed E-state index contributed by atoms with van der Waals surface area (Å²) in [5.74, 6) is -0.518. The van der Waals surface area contributed by atoms with E-state index in [1.165, 1.54) is 18.2 Å². The summed E-state index contributed by atoms with van der Waals surface area (Å²) in [4.78, 5) is 24.6. The molecule has 0 spiro atoms. The van der Waals surface area contributed by atoms with Crippen LogP contribution >= 0.6 is 35.4 Å². The molecule has 0 unspecified atom stereocenters. The summed E-state index contributed by atoms with van der Waals surface area (Å²) in [6, 6.07) is 18.7. The second-order valence-corrected chi connectivity index (χ2v) is 7.03. The minimum atomic E-state index is -0.599. The van der Waals surface area contributed by atoms with Crippen LogP contribution in [0.15, 0.2) is 72.8 Å². The number of rotatable bonds is 6. The van der Waals surface area contributed by atoms with Gasteiger partial charge in [0, 0.05) is 17.4 Å². The zero-order chi connectivity index (χ0) is 21.5. The van der Waals surface area contributed by atoms with Crippen molar-refractivity contribution in [1.82, 2.24) is 0 Å². The molecule has 0 aliphatic rings. The molecule has 0 radical (unpaired) electrons. The number of hydrogen-bond donors (Lipinski definition) is 3. The number of amides is 3. The number of nitrogens with one attached hydrogen (secondary N) is 2. The van der Waals surface area contributed by atoms with Gasteiger partial charge in [-0.15, -0.1) is 0 Å². The summed E-state index contributed by atoms with van der Waals surface area (Å²) in [7, 11) is 0. The van der Waals surface area contributed by atoms with Gasteiger partial charge in [-0.1, -0.05) is 31.0 Å². The van der Waals surface area contributed by atoms with Gasteiger partial charge in [0.05, 0.1) is 11.3 Å². The fraction of sp³-hybridized carbons (Fsp3) is 0.0476. The quantitative estimate of drug-likeness (QED) is 0.214. The van der Waals surface area contributed by atoms with Gasteiger partial charge in [0.2, 0.25) is 0 Å². The van der Waals surface area contributed by atoms with E-state index in [-0.39, 0.29) is 5.56 Å². The summed E-state index contributed by atoms with van der Waals surface area (Å²) in [5, 5.41) is 5.35. The van der Waals surface area contributed by atoms with Crippen molar-refractivity contribution in [2.45, 2.75) is 0 Å². The Hall–Kier alpha value is -2.79. The van der Waals surface area contributed by atoms with E-state index in [2.05, 4.69) is 46.0 Å². The molecule has 0 atom stereocenters. The number of benzene rings is 3. The van der Waals surface area contributed by atoms with Crippen molar-refractivity contribution in [3.8, 4) is 5.75 Å². The highest BCUT2D eigenvalue weighted by molar-refractivity contribution is 14.1. The maximum atomic E-state index is 13.7. The molecule has 0 bridgehead atoms. The number of thiol groups is 1. The Morgan fingerprint density at radius 2 is 1.70 bits per heavy atom. The fourth-order valence-corrected chi connectivity index (χ4v) is 3.09. The van der Waals surface area contributed by atoms with Crippen LogP contribution in [0.1, 0.15) is 10.4 Å². The number of alkyl halides is 1. The van der Waals surface area contributed by atoms with E-state index < -0.39 is 17.8 Å². The van der Waals surface area contributed by atoms with Crippen LogP contribution in [0.2, 0.25) is 0 Å². The van der Waals surface area contributed by atoms with Crippen LogP contribution in [0.3, 0.4) is 0 Å².